The van der Waals surface area contributed by atoms with Gasteiger partial charge in [-0.05, 0) is 55.3 Å². The first-order chi connectivity index (χ1) is 12.5. The van der Waals surface area contributed by atoms with Crippen LogP contribution in [0.1, 0.15) is 38.8 Å². The standard InChI is InChI=1S/C22H21FN2O/c1-15-5-3-6-17(13-15)21-20-7-4-10-24(20)11-12-25(21)22(26)18-8-9-19(23)16(2)14-18/h3-10,13-14,21H,11-12H2,1-2H3/t21-/m1/s1. The van der Waals surface area contributed by atoms with Gasteiger partial charge in [-0.2, -0.15) is 0 Å². The number of nitrogens with zero attached hydrogens (tertiary/aromatic N) is 2. The van der Waals surface area contributed by atoms with Crippen molar-refractivity contribution in [3.8, 4) is 0 Å². The summed E-state index contributed by atoms with van der Waals surface area (Å²) in [5, 5.41) is 0. The monoisotopic (exact) mass is 348 g/mol. The second-order valence-corrected chi connectivity index (χ2v) is 6.91. The Balaban J connectivity index is 1.78. The zero-order valence-electron chi connectivity index (χ0n) is 14.9. The van der Waals surface area contributed by atoms with Gasteiger partial charge in [-0.15, -0.1) is 0 Å². The lowest BCUT2D eigenvalue weighted by atomic mass is 9.97. The highest BCUT2D eigenvalue weighted by Crippen LogP contribution is 2.34. The maximum absolute atomic E-state index is 13.6. The van der Waals surface area contributed by atoms with Crippen molar-refractivity contribution in [3.05, 3.63) is 94.6 Å². The molecule has 4 heteroatoms. The van der Waals surface area contributed by atoms with Crippen molar-refractivity contribution in [1.82, 2.24) is 9.47 Å². The smallest absolute Gasteiger partial charge is 0.254 e. The van der Waals surface area contributed by atoms with E-state index in [1.54, 1.807) is 19.1 Å². The minimum atomic E-state index is -0.288. The van der Waals surface area contributed by atoms with Crippen molar-refractivity contribution < 1.29 is 9.18 Å². The number of halogens is 1. The number of amides is 1. The number of fused-ring (bicyclic) bond motifs is 1. The van der Waals surface area contributed by atoms with Crippen LogP contribution in [0.3, 0.4) is 0 Å². The summed E-state index contributed by atoms with van der Waals surface area (Å²) in [6.07, 6.45) is 2.06. The molecule has 1 atom stereocenters. The van der Waals surface area contributed by atoms with Crippen LogP contribution in [0.2, 0.25) is 0 Å². The second-order valence-electron chi connectivity index (χ2n) is 6.91. The molecule has 26 heavy (non-hydrogen) atoms. The average molecular weight is 348 g/mol. The molecule has 1 aliphatic rings. The highest BCUT2D eigenvalue weighted by Gasteiger charge is 2.32. The van der Waals surface area contributed by atoms with Gasteiger partial charge in [-0.25, -0.2) is 4.39 Å². The second kappa shape index (κ2) is 6.45. The molecule has 3 aromatic rings. The van der Waals surface area contributed by atoms with E-state index in [0.717, 1.165) is 23.4 Å². The normalized spacial score (nSPS) is 16.4. The van der Waals surface area contributed by atoms with Crippen LogP contribution in [-0.2, 0) is 6.54 Å². The molecule has 0 N–H and O–H groups in total. The molecule has 4 rings (SSSR count). The van der Waals surface area contributed by atoms with Crippen molar-refractivity contribution in [2.75, 3.05) is 6.54 Å². The van der Waals surface area contributed by atoms with Gasteiger partial charge in [-0.1, -0.05) is 29.8 Å². The van der Waals surface area contributed by atoms with Crippen molar-refractivity contribution in [2.45, 2.75) is 26.4 Å². The van der Waals surface area contributed by atoms with Gasteiger partial charge in [0.25, 0.3) is 5.91 Å². The quantitative estimate of drug-likeness (QED) is 0.670. The van der Waals surface area contributed by atoms with E-state index in [0.29, 0.717) is 17.7 Å². The summed E-state index contributed by atoms with van der Waals surface area (Å²) in [4.78, 5) is 15.2. The Morgan fingerprint density at radius 1 is 1.04 bits per heavy atom. The minimum absolute atomic E-state index is 0.0629. The summed E-state index contributed by atoms with van der Waals surface area (Å²) in [7, 11) is 0. The molecule has 1 aromatic heterocycles. The topological polar surface area (TPSA) is 25.2 Å². The molecule has 132 valence electrons. The Morgan fingerprint density at radius 3 is 2.65 bits per heavy atom. The van der Waals surface area contributed by atoms with Crippen LogP contribution in [-0.4, -0.2) is 21.9 Å². The molecule has 0 spiro atoms. The van der Waals surface area contributed by atoms with Crippen molar-refractivity contribution >= 4 is 5.91 Å². The largest absolute Gasteiger partial charge is 0.348 e. The van der Waals surface area contributed by atoms with Crippen LogP contribution < -0.4 is 0 Å². The fourth-order valence-corrected chi connectivity index (χ4v) is 3.74. The van der Waals surface area contributed by atoms with Crippen LogP contribution in [0.4, 0.5) is 4.39 Å². The van der Waals surface area contributed by atoms with Gasteiger partial charge in [0, 0.05) is 30.5 Å². The number of rotatable bonds is 2. The predicted octanol–water partition coefficient (Wildman–Crippen LogP) is 4.49. The zero-order chi connectivity index (χ0) is 18.3. The minimum Gasteiger partial charge on any atom is -0.348 e. The molecule has 0 saturated heterocycles. The first-order valence-electron chi connectivity index (χ1n) is 8.83. The zero-order valence-corrected chi connectivity index (χ0v) is 14.9. The summed E-state index contributed by atoms with van der Waals surface area (Å²) in [6.45, 7) is 5.12. The van der Waals surface area contributed by atoms with Crippen LogP contribution in [0.25, 0.3) is 0 Å². The molecule has 1 amide bonds. The third kappa shape index (κ3) is 2.81. The van der Waals surface area contributed by atoms with Gasteiger partial charge in [0.05, 0.1) is 6.04 Å². The first-order valence-corrected chi connectivity index (χ1v) is 8.83. The Bertz CT molecular complexity index is 976. The number of hydrogen-bond acceptors (Lipinski definition) is 1. The fraction of sp³-hybridized carbons (Fsp3) is 0.227. The fourth-order valence-electron chi connectivity index (χ4n) is 3.74. The number of carbonyl (C=O) groups is 1. The maximum Gasteiger partial charge on any atom is 0.254 e. The molecule has 3 nitrogen and oxygen atoms in total. The lowest BCUT2D eigenvalue weighted by molar-refractivity contribution is 0.0664. The van der Waals surface area contributed by atoms with Crippen LogP contribution in [0.5, 0.6) is 0 Å². The molecule has 1 aliphatic heterocycles. The summed E-state index contributed by atoms with van der Waals surface area (Å²) < 4.78 is 15.8. The van der Waals surface area contributed by atoms with E-state index in [4.69, 9.17) is 0 Å². The van der Waals surface area contributed by atoms with E-state index < -0.39 is 0 Å². The van der Waals surface area contributed by atoms with Gasteiger partial charge in [0.1, 0.15) is 5.82 Å². The van der Waals surface area contributed by atoms with E-state index >= 15 is 0 Å². The van der Waals surface area contributed by atoms with E-state index in [1.807, 2.05) is 17.0 Å². The van der Waals surface area contributed by atoms with E-state index in [2.05, 4.69) is 42.0 Å². The van der Waals surface area contributed by atoms with Crippen molar-refractivity contribution in [1.29, 1.82) is 0 Å². The Morgan fingerprint density at radius 2 is 1.88 bits per heavy atom. The Hall–Kier alpha value is -2.88. The van der Waals surface area contributed by atoms with Crippen molar-refractivity contribution in [3.63, 3.8) is 0 Å². The average Bonchev–Trinajstić information content (AvgIpc) is 3.11. The molecular formula is C22H21FN2O. The highest BCUT2D eigenvalue weighted by atomic mass is 19.1. The number of hydrogen-bond donors (Lipinski definition) is 0. The number of aryl methyl sites for hydroxylation is 2. The van der Waals surface area contributed by atoms with Crippen LogP contribution >= 0.6 is 0 Å². The SMILES string of the molecule is Cc1cccc([C@@H]2c3cccn3CCN2C(=O)c2ccc(F)c(C)c2)c1. The number of carbonyl (C=O) groups excluding carboxylic acids is 1. The summed E-state index contributed by atoms with van der Waals surface area (Å²) in [5.74, 6) is -0.351. The lowest BCUT2D eigenvalue weighted by Crippen LogP contribution is -2.42. The van der Waals surface area contributed by atoms with E-state index in [9.17, 15) is 9.18 Å². The molecule has 0 radical (unpaired) electrons. The molecule has 0 aliphatic carbocycles. The summed E-state index contributed by atoms with van der Waals surface area (Å²) in [5.41, 5.74) is 4.38. The van der Waals surface area contributed by atoms with Gasteiger partial charge in [0.2, 0.25) is 0 Å². The molecule has 0 saturated carbocycles. The van der Waals surface area contributed by atoms with Crippen molar-refractivity contribution in [2.24, 2.45) is 0 Å². The number of aromatic nitrogens is 1. The van der Waals surface area contributed by atoms with Gasteiger partial charge in [0.15, 0.2) is 0 Å². The lowest BCUT2D eigenvalue weighted by Gasteiger charge is -2.37. The van der Waals surface area contributed by atoms with Gasteiger partial charge < -0.3 is 9.47 Å². The van der Waals surface area contributed by atoms with Gasteiger partial charge in [-0.3, -0.25) is 4.79 Å². The molecule has 0 unspecified atom stereocenters. The maximum atomic E-state index is 13.6. The van der Waals surface area contributed by atoms with Crippen LogP contribution in [0.15, 0.2) is 60.8 Å². The summed E-state index contributed by atoms with van der Waals surface area (Å²) >= 11 is 0. The molecule has 2 heterocycles. The molecular weight excluding hydrogens is 327 g/mol. The van der Waals surface area contributed by atoms with Crippen LogP contribution in [0, 0.1) is 19.7 Å². The molecule has 0 bridgehead atoms. The predicted molar refractivity (Wildman–Crippen MR) is 99.6 cm³/mol. The Labute approximate surface area is 152 Å². The first kappa shape index (κ1) is 16.6. The highest BCUT2D eigenvalue weighted by molar-refractivity contribution is 5.95. The Kier molecular flexibility index (Phi) is 4.11. The van der Waals surface area contributed by atoms with E-state index in [1.165, 1.54) is 6.07 Å². The van der Waals surface area contributed by atoms with E-state index in [-0.39, 0.29) is 17.8 Å². The summed E-state index contributed by atoms with van der Waals surface area (Å²) in [6, 6.07) is 16.8. The molecule has 2 aromatic carbocycles. The van der Waals surface area contributed by atoms with Gasteiger partial charge >= 0.3 is 0 Å². The third-order valence-electron chi connectivity index (χ3n) is 5.06. The molecule has 0 fully saturated rings. The third-order valence-corrected chi connectivity index (χ3v) is 5.06. The number of benzene rings is 2.